The number of fused-ring (bicyclic) bond motifs is 1. The van der Waals surface area contributed by atoms with Crippen LogP contribution in [0, 0.1) is 13.8 Å². The summed E-state index contributed by atoms with van der Waals surface area (Å²) in [5.41, 5.74) is 3.09. The van der Waals surface area contributed by atoms with Gasteiger partial charge in [0.15, 0.2) is 0 Å². The molecular formula is C17H22N2OS. The number of rotatable bonds is 3. The Kier molecular flexibility index (Phi) is 4.57. The molecule has 1 heterocycles. The van der Waals surface area contributed by atoms with Crippen molar-refractivity contribution in [2.45, 2.75) is 45.2 Å². The number of nitrogens with zero attached hydrogens (tertiary/aromatic N) is 1. The molecule has 1 aromatic carbocycles. The van der Waals surface area contributed by atoms with Gasteiger partial charge in [-0.05, 0) is 51.8 Å². The monoisotopic (exact) mass is 302 g/mol. The standard InChI is InChI=1S/C17H22N2OS/c1-11-7-6-8-13-9-12(2)16(18-15(11)13)21-10-14(20)19-17(3,4)5/h6-9H,10H2,1-5H3,(H,19,20). The third-order valence-corrected chi connectivity index (χ3v) is 4.14. The second-order valence-corrected chi connectivity index (χ2v) is 7.31. The van der Waals surface area contributed by atoms with Gasteiger partial charge in [-0.25, -0.2) is 4.98 Å². The summed E-state index contributed by atoms with van der Waals surface area (Å²) in [5, 5.41) is 5.05. The molecule has 0 saturated heterocycles. The summed E-state index contributed by atoms with van der Waals surface area (Å²) in [4.78, 5) is 16.6. The maximum absolute atomic E-state index is 11.9. The largest absolute Gasteiger partial charge is 0.351 e. The summed E-state index contributed by atoms with van der Waals surface area (Å²) in [6, 6.07) is 8.32. The van der Waals surface area contributed by atoms with Crippen molar-refractivity contribution in [3.05, 3.63) is 35.4 Å². The van der Waals surface area contributed by atoms with Crippen LogP contribution in [-0.4, -0.2) is 22.2 Å². The Labute approximate surface area is 130 Å². The number of benzene rings is 1. The van der Waals surface area contributed by atoms with Gasteiger partial charge in [0.05, 0.1) is 11.3 Å². The Bertz CT molecular complexity index is 674. The van der Waals surface area contributed by atoms with Crippen LogP contribution < -0.4 is 5.32 Å². The first-order valence-corrected chi connectivity index (χ1v) is 8.05. The Hall–Kier alpha value is -1.55. The number of amides is 1. The zero-order chi connectivity index (χ0) is 15.6. The average molecular weight is 302 g/mol. The molecule has 0 atom stereocenters. The average Bonchev–Trinajstić information content (AvgIpc) is 2.35. The summed E-state index contributed by atoms with van der Waals surface area (Å²) in [6.07, 6.45) is 0. The van der Waals surface area contributed by atoms with Crippen LogP contribution in [0.3, 0.4) is 0 Å². The van der Waals surface area contributed by atoms with Gasteiger partial charge in [0.25, 0.3) is 0 Å². The van der Waals surface area contributed by atoms with E-state index in [0.717, 1.165) is 27.1 Å². The van der Waals surface area contributed by atoms with Crippen LogP contribution in [0.5, 0.6) is 0 Å². The van der Waals surface area contributed by atoms with Crippen LogP contribution in [0.25, 0.3) is 10.9 Å². The molecule has 1 N–H and O–H groups in total. The van der Waals surface area contributed by atoms with Crippen molar-refractivity contribution in [2.75, 3.05) is 5.75 Å². The van der Waals surface area contributed by atoms with Gasteiger partial charge < -0.3 is 5.32 Å². The third kappa shape index (κ3) is 4.21. The van der Waals surface area contributed by atoms with Crippen LogP contribution in [0.1, 0.15) is 31.9 Å². The normalized spacial score (nSPS) is 11.7. The SMILES string of the molecule is Cc1cc2cccc(C)c2nc1SCC(=O)NC(C)(C)C. The van der Waals surface area contributed by atoms with Crippen molar-refractivity contribution < 1.29 is 4.79 Å². The number of para-hydroxylation sites is 1. The van der Waals surface area contributed by atoms with Crippen molar-refractivity contribution in [1.82, 2.24) is 10.3 Å². The van der Waals surface area contributed by atoms with Crippen molar-refractivity contribution in [3.63, 3.8) is 0 Å². The molecule has 0 radical (unpaired) electrons. The lowest BCUT2D eigenvalue weighted by Crippen LogP contribution is -2.41. The number of thioether (sulfide) groups is 1. The van der Waals surface area contributed by atoms with E-state index in [1.54, 1.807) is 0 Å². The number of aromatic nitrogens is 1. The summed E-state index contributed by atoms with van der Waals surface area (Å²) in [6.45, 7) is 10.1. The number of carbonyl (C=O) groups excluding carboxylic acids is 1. The Morgan fingerprint density at radius 1 is 1.24 bits per heavy atom. The Balaban J connectivity index is 2.17. The van der Waals surface area contributed by atoms with Gasteiger partial charge in [-0.15, -0.1) is 0 Å². The Morgan fingerprint density at radius 2 is 1.95 bits per heavy atom. The minimum Gasteiger partial charge on any atom is -0.351 e. The molecule has 0 aliphatic carbocycles. The van der Waals surface area contributed by atoms with E-state index >= 15 is 0 Å². The third-order valence-electron chi connectivity index (χ3n) is 3.05. The summed E-state index contributed by atoms with van der Waals surface area (Å²) < 4.78 is 0. The van der Waals surface area contributed by atoms with Crippen LogP contribution in [0.2, 0.25) is 0 Å². The zero-order valence-corrected chi connectivity index (χ0v) is 14.1. The topological polar surface area (TPSA) is 42.0 Å². The maximum atomic E-state index is 11.9. The highest BCUT2D eigenvalue weighted by Gasteiger charge is 2.14. The highest BCUT2D eigenvalue weighted by atomic mass is 32.2. The van der Waals surface area contributed by atoms with Gasteiger partial charge in [0, 0.05) is 10.9 Å². The van der Waals surface area contributed by atoms with Crippen LogP contribution in [0.4, 0.5) is 0 Å². The fourth-order valence-electron chi connectivity index (χ4n) is 2.17. The molecule has 0 bridgehead atoms. The number of aryl methyl sites for hydroxylation is 2. The highest BCUT2D eigenvalue weighted by molar-refractivity contribution is 7.99. The molecule has 21 heavy (non-hydrogen) atoms. The van der Waals surface area contributed by atoms with Gasteiger partial charge in [-0.3, -0.25) is 4.79 Å². The van der Waals surface area contributed by atoms with Crippen LogP contribution >= 0.6 is 11.8 Å². The smallest absolute Gasteiger partial charge is 0.230 e. The lowest BCUT2D eigenvalue weighted by atomic mass is 10.1. The lowest BCUT2D eigenvalue weighted by molar-refractivity contribution is -0.119. The van der Waals surface area contributed by atoms with Crippen molar-refractivity contribution >= 4 is 28.6 Å². The minimum atomic E-state index is -0.194. The molecule has 0 unspecified atom stereocenters. The molecule has 112 valence electrons. The predicted octanol–water partition coefficient (Wildman–Crippen LogP) is 3.86. The maximum Gasteiger partial charge on any atom is 0.230 e. The van der Waals surface area contributed by atoms with Gasteiger partial charge in [-0.2, -0.15) is 0 Å². The predicted molar refractivity (Wildman–Crippen MR) is 89.8 cm³/mol. The van der Waals surface area contributed by atoms with E-state index in [1.165, 1.54) is 11.8 Å². The summed E-state index contributed by atoms with van der Waals surface area (Å²) in [5.74, 6) is 0.432. The molecule has 0 aliphatic heterocycles. The Morgan fingerprint density at radius 3 is 2.62 bits per heavy atom. The van der Waals surface area contributed by atoms with E-state index in [0.29, 0.717) is 5.75 Å². The van der Waals surface area contributed by atoms with E-state index in [9.17, 15) is 4.79 Å². The number of hydrogen-bond acceptors (Lipinski definition) is 3. The molecule has 1 aromatic heterocycles. The van der Waals surface area contributed by atoms with Crippen molar-refractivity contribution in [3.8, 4) is 0 Å². The van der Waals surface area contributed by atoms with Crippen molar-refractivity contribution in [1.29, 1.82) is 0 Å². The van der Waals surface area contributed by atoms with Gasteiger partial charge in [-0.1, -0.05) is 30.0 Å². The van der Waals surface area contributed by atoms with Gasteiger partial charge in [0.2, 0.25) is 5.91 Å². The fraction of sp³-hybridized carbons (Fsp3) is 0.412. The van der Waals surface area contributed by atoms with Crippen molar-refractivity contribution in [2.24, 2.45) is 0 Å². The molecule has 0 saturated carbocycles. The number of hydrogen-bond donors (Lipinski definition) is 1. The highest BCUT2D eigenvalue weighted by Crippen LogP contribution is 2.25. The fourth-order valence-corrected chi connectivity index (χ4v) is 2.95. The molecule has 2 aromatic rings. The zero-order valence-electron chi connectivity index (χ0n) is 13.3. The van der Waals surface area contributed by atoms with E-state index < -0.39 is 0 Å². The molecule has 4 heteroatoms. The molecule has 0 spiro atoms. The van der Waals surface area contributed by atoms with Crippen LogP contribution in [0.15, 0.2) is 29.3 Å². The summed E-state index contributed by atoms with van der Waals surface area (Å²) in [7, 11) is 0. The van der Waals surface area contributed by atoms with Gasteiger partial charge >= 0.3 is 0 Å². The molecular weight excluding hydrogens is 280 g/mol. The first-order chi connectivity index (χ1) is 9.76. The second-order valence-electron chi connectivity index (χ2n) is 6.34. The molecule has 1 amide bonds. The summed E-state index contributed by atoms with van der Waals surface area (Å²) >= 11 is 1.50. The van der Waals surface area contributed by atoms with E-state index in [2.05, 4.69) is 30.4 Å². The molecule has 0 aliphatic rings. The molecule has 3 nitrogen and oxygen atoms in total. The number of carbonyl (C=O) groups is 1. The first-order valence-electron chi connectivity index (χ1n) is 7.07. The number of nitrogens with one attached hydrogen (secondary N) is 1. The molecule has 2 rings (SSSR count). The minimum absolute atomic E-state index is 0.0404. The van der Waals surface area contributed by atoms with E-state index in [-0.39, 0.29) is 11.4 Å². The van der Waals surface area contributed by atoms with Crippen LogP contribution in [-0.2, 0) is 4.79 Å². The van der Waals surface area contributed by atoms with E-state index in [4.69, 9.17) is 4.98 Å². The lowest BCUT2D eigenvalue weighted by Gasteiger charge is -2.20. The van der Waals surface area contributed by atoms with E-state index in [1.807, 2.05) is 33.8 Å². The number of pyridine rings is 1. The molecule has 0 fully saturated rings. The van der Waals surface area contributed by atoms with Gasteiger partial charge in [0.1, 0.15) is 5.03 Å². The first kappa shape index (κ1) is 15.8. The second kappa shape index (κ2) is 6.06. The quantitative estimate of drug-likeness (QED) is 0.875.